The molecule has 7 heteroatoms. The number of nitrogens with zero attached hydrogens (tertiary/aromatic N) is 3. The van der Waals surface area contributed by atoms with Crippen molar-refractivity contribution in [1.29, 1.82) is 0 Å². The van der Waals surface area contributed by atoms with Gasteiger partial charge in [0, 0.05) is 47.2 Å². The van der Waals surface area contributed by atoms with E-state index in [-0.39, 0.29) is 30.7 Å². The number of hydrogen-bond donors (Lipinski definition) is 1. The van der Waals surface area contributed by atoms with E-state index < -0.39 is 6.17 Å². The average molecular weight is 477 g/mol. The van der Waals surface area contributed by atoms with Gasteiger partial charge in [0.1, 0.15) is 6.17 Å². The molecule has 3 amide bonds. The molecule has 1 N–H and O–H groups in total. The van der Waals surface area contributed by atoms with Crippen LogP contribution in [0.3, 0.4) is 0 Å². The molecule has 3 aliphatic heterocycles. The summed E-state index contributed by atoms with van der Waals surface area (Å²) in [5.41, 5.74) is 5.99. The SMILES string of the molecule is O=C(CCN1C(=O)c2ccccc2N2C(=O)c3ccccc3[C@H]12)N1CCc2c([nH]c3ccccc23)C1. The molecule has 0 aliphatic carbocycles. The van der Waals surface area contributed by atoms with Gasteiger partial charge in [0.2, 0.25) is 5.91 Å². The molecule has 3 aromatic carbocycles. The van der Waals surface area contributed by atoms with E-state index in [9.17, 15) is 14.4 Å². The van der Waals surface area contributed by atoms with Gasteiger partial charge in [0.05, 0.1) is 17.8 Å². The van der Waals surface area contributed by atoms with Crippen LogP contribution < -0.4 is 4.90 Å². The van der Waals surface area contributed by atoms with Crippen LogP contribution in [0.4, 0.5) is 5.69 Å². The lowest BCUT2D eigenvalue weighted by atomic mass is 10.0. The maximum absolute atomic E-state index is 13.6. The summed E-state index contributed by atoms with van der Waals surface area (Å²) in [6.07, 6.45) is 0.467. The van der Waals surface area contributed by atoms with Crippen molar-refractivity contribution in [2.45, 2.75) is 25.6 Å². The monoisotopic (exact) mass is 476 g/mol. The number of hydrogen-bond acceptors (Lipinski definition) is 3. The zero-order chi connectivity index (χ0) is 24.4. The van der Waals surface area contributed by atoms with Gasteiger partial charge in [-0.15, -0.1) is 0 Å². The Morgan fingerprint density at radius 2 is 1.64 bits per heavy atom. The maximum Gasteiger partial charge on any atom is 0.260 e. The number of carbonyl (C=O) groups is 3. The molecular formula is C29H24N4O3. The van der Waals surface area contributed by atoms with Crippen LogP contribution in [-0.4, -0.2) is 45.6 Å². The first-order valence-electron chi connectivity index (χ1n) is 12.3. The minimum Gasteiger partial charge on any atom is -0.357 e. The van der Waals surface area contributed by atoms with Crippen LogP contribution in [0, 0.1) is 0 Å². The van der Waals surface area contributed by atoms with Crippen molar-refractivity contribution in [1.82, 2.24) is 14.8 Å². The van der Waals surface area contributed by atoms with Crippen LogP contribution in [-0.2, 0) is 17.8 Å². The Morgan fingerprint density at radius 3 is 2.53 bits per heavy atom. The van der Waals surface area contributed by atoms with Gasteiger partial charge in [0.25, 0.3) is 11.8 Å². The zero-order valence-corrected chi connectivity index (χ0v) is 19.6. The Bertz CT molecular complexity index is 1570. The molecule has 7 rings (SSSR count). The fourth-order valence-electron chi connectivity index (χ4n) is 5.98. The minimum atomic E-state index is -0.537. The molecule has 0 fully saturated rings. The average Bonchev–Trinajstić information content (AvgIpc) is 3.43. The lowest BCUT2D eigenvalue weighted by Gasteiger charge is -2.41. The molecule has 0 radical (unpaired) electrons. The Kier molecular flexibility index (Phi) is 4.54. The third-order valence-corrected chi connectivity index (χ3v) is 7.68. The van der Waals surface area contributed by atoms with Gasteiger partial charge in [-0.2, -0.15) is 0 Å². The Morgan fingerprint density at radius 1 is 0.889 bits per heavy atom. The Labute approximate surface area is 207 Å². The highest BCUT2D eigenvalue weighted by molar-refractivity contribution is 6.16. The molecule has 1 aromatic heterocycles. The normalized spacial score (nSPS) is 18.2. The summed E-state index contributed by atoms with van der Waals surface area (Å²) in [4.78, 5) is 48.9. The summed E-state index contributed by atoms with van der Waals surface area (Å²) in [6.45, 7) is 1.43. The molecular weight excluding hydrogens is 452 g/mol. The topological polar surface area (TPSA) is 76.7 Å². The van der Waals surface area contributed by atoms with Crippen LogP contribution in [0.15, 0.2) is 72.8 Å². The van der Waals surface area contributed by atoms with Crippen molar-refractivity contribution in [3.05, 3.63) is 101 Å². The largest absolute Gasteiger partial charge is 0.357 e. The third kappa shape index (κ3) is 2.95. The second-order valence-corrected chi connectivity index (χ2v) is 9.59. The predicted octanol–water partition coefficient (Wildman–Crippen LogP) is 4.26. The molecule has 0 saturated carbocycles. The quantitative estimate of drug-likeness (QED) is 0.480. The molecule has 7 nitrogen and oxygen atoms in total. The summed E-state index contributed by atoms with van der Waals surface area (Å²) in [5.74, 6) is -0.259. The van der Waals surface area contributed by atoms with E-state index in [0.29, 0.717) is 29.9 Å². The lowest BCUT2D eigenvalue weighted by molar-refractivity contribution is -0.132. The number of aromatic nitrogens is 1. The molecule has 4 aromatic rings. The van der Waals surface area contributed by atoms with Crippen molar-refractivity contribution < 1.29 is 14.4 Å². The van der Waals surface area contributed by atoms with Gasteiger partial charge in [-0.05, 0) is 36.2 Å². The molecule has 4 heterocycles. The van der Waals surface area contributed by atoms with Gasteiger partial charge in [-0.25, -0.2) is 0 Å². The smallest absolute Gasteiger partial charge is 0.260 e. The minimum absolute atomic E-state index is 0.00937. The number of benzene rings is 3. The van der Waals surface area contributed by atoms with E-state index in [0.717, 1.165) is 23.2 Å². The van der Waals surface area contributed by atoms with Gasteiger partial charge in [-0.3, -0.25) is 19.3 Å². The molecule has 0 spiro atoms. The summed E-state index contributed by atoms with van der Waals surface area (Å²) in [6, 6.07) is 22.9. The number of carbonyl (C=O) groups excluding carboxylic acids is 3. The number of rotatable bonds is 3. The molecule has 36 heavy (non-hydrogen) atoms. The fraction of sp³-hybridized carbons (Fsp3) is 0.207. The summed E-state index contributed by atoms with van der Waals surface area (Å²) >= 11 is 0. The van der Waals surface area contributed by atoms with Gasteiger partial charge in [-0.1, -0.05) is 48.5 Å². The van der Waals surface area contributed by atoms with E-state index in [1.165, 1.54) is 10.9 Å². The van der Waals surface area contributed by atoms with Crippen LogP contribution in [0.1, 0.15) is 50.1 Å². The first-order valence-corrected chi connectivity index (χ1v) is 12.3. The van der Waals surface area contributed by atoms with Crippen molar-refractivity contribution in [3.8, 4) is 0 Å². The molecule has 0 unspecified atom stereocenters. The van der Waals surface area contributed by atoms with Crippen LogP contribution >= 0.6 is 0 Å². The van der Waals surface area contributed by atoms with Crippen molar-refractivity contribution in [3.63, 3.8) is 0 Å². The van der Waals surface area contributed by atoms with E-state index in [1.54, 1.807) is 28.0 Å². The first kappa shape index (κ1) is 20.9. The number of nitrogens with one attached hydrogen (secondary N) is 1. The number of amides is 3. The first-order chi connectivity index (χ1) is 17.6. The van der Waals surface area contributed by atoms with Crippen molar-refractivity contribution >= 4 is 34.3 Å². The zero-order valence-electron chi connectivity index (χ0n) is 19.6. The fourth-order valence-corrected chi connectivity index (χ4v) is 5.98. The number of H-pyrrole nitrogens is 1. The Balaban J connectivity index is 1.16. The number of anilines is 1. The van der Waals surface area contributed by atoms with Gasteiger partial charge < -0.3 is 14.8 Å². The van der Waals surface area contributed by atoms with Gasteiger partial charge in [0.15, 0.2) is 0 Å². The maximum atomic E-state index is 13.6. The summed E-state index contributed by atoms with van der Waals surface area (Å²) < 4.78 is 0. The molecule has 0 bridgehead atoms. The highest BCUT2D eigenvalue weighted by Crippen LogP contribution is 2.45. The second kappa shape index (κ2) is 7.81. The highest BCUT2D eigenvalue weighted by atomic mass is 16.2. The van der Waals surface area contributed by atoms with E-state index in [1.807, 2.05) is 47.4 Å². The number of fused-ring (bicyclic) bond motifs is 8. The molecule has 3 aliphatic rings. The molecule has 1 atom stereocenters. The standard InChI is InChI=1S/C29H24N4O3/c34-26(31-15-13-19-18-7-3-5-11-23(18)30-24(19)17-31)14-16-32-27-20-8-1-2-9-21(20)29(36)33(27)25-12-6-4-10-22(25)28(32)35/h1-12,27,30H,13-17H2/t27-/m1/s1. The number of aromatic amines is 1. The predicted molar refractivity (Wildman–Crippen MR) is 136 cm³/mol. The summed E-state index contributed by atoms with van der Waals surface area (Å²) in [7, 11) is 0. The van der Waals surface area contributed by atoms with Crippen LogP contribution in [0.25, 0.3) is 10.9 Å². The highest BCUT2D eigenvalue weighted by Gasteiger charge is 2.47. The van der Waals surface area contributed by atoms with E-state index in [4.69, 9.17) is 0 Å². The van der Waals surface area contributed by atoms with Crippen LogP contribution in [0.5, 0.6) is 0 Å². The van der Waals surface area contributed by atoms with E-state index >= 15 is 0 Å². The van der Waals surface area contributed by atoms with Crippen molar-refractivity contribution in [2.75, 3.05) is 18.0 Å². The third-order valence-electron chi connectivity index (χ3n) is 7.68. The Hall–Kier alpha value is -4.39. The van der Waals surface area contributed by atoms with Crippen LogP contribution in [0.2, 0.25) is 0 Å². The second-order valence-electron chi connectivity index (χ2n) is 9.59. The van der Waals surface area contributed by atoms with E-state index in [2.05, 4.69) is 17.1 Å². The number of para-hydroxylation sites is 2. The van der Waals surface area contributed by atoms with Crippen molar-refractivity contribution in [2.24, 2.45) is 0 Å². The molecule has 178 valence electrons. The van der Waals surface area contributed by atoms with Gasteiger partial charge >= 0.3 is 0 Å². The lowest BCUT2D eigenvalue weighted by Crippen LogP contribution is -2.49. The molecule has 0 saturated heterocycles. The summed E-state index contributed by atoms with van der Waals surface area (Å²) in [5, 5.41) is 1.22.